The highest BCUT2D eigenvalue weighted by atomic mass is 19.1. The van der Waals surface area contributed by atoms with E-state index in [4.69, 9.17) is 8.83 Å². The summed E-state index contributed by atoms with van der Waals surface area (Å²) in [4.78, 5) is 11.3. The van der Waals surface area contributed by atoms with Gasteiger partial charge >= 0.3 is 0 Å². The molecule has 5 nitrogen and oxygen atoms in total. The molecule has 0 fully saturated rings. The van der Waals surface area contributed by atoms with Crippen LogP contribution in [0.25, 0.3) is 45.1 Å². The van der Waals surface area contributed by atoms with Gasteiger partial charge in [-0.1, -0.05) is 36.4 Å². The fourth-order valence-electron chi connectivity index (χ4n) is 4.55. The lowest BCUT2D eigenvalue weighted by Crippen LogP contribution is -2.09. The van der Waals surface area contributed by atoms with Crippen LogP contribution >= 0.6 is 0 Å². The van der Waals surface area contributed by atoms with Gasteiger partial charge in [0.25, 0.3) is 0 Å². The molecule has 6 heteroatoms. The molecular formula is C32H20FN3O2. The molecule has 182 valence electrons. The quantitative estimate of drug-likeness (QED) is 0.238. The fraction of sp³-hybridized carbons (Fsp3) is 0. The summed E-state index contributed by atoms with van der Waals surface area (Å²) in [5, 5.41) is 0. The van der Waals surface area contributed by atoms with Gasteiger partial charge in [0.2, 0.25) is 11.8 Å². The van der Waals surface area contributed by atoms with Crippen molar-refractivity contribution in [3.63, 3.8) is 0 Å². The molecule has 7 aromatic rings. The first-order valence-corrected chi connectivity index (χ1v) is 12.2. The molecule has 7 rings (SSSR count). The van der Waals surface area contributed by atoms with Crippen molar-refractivity contribution in [2.45, 2.75) is 0 Å². The van der Waals surface area contributed by atoms with Gasteiger partial charge in [-0.25, -0.2) is 14.4 Å². The Morgan fingerprint density at radius 2 is 0.947 bits per heavy atom. The van der Waals surface area contributed by atoms with E-state index in [0.717, 1.165) is 39.2 Å². The highest BCUT2D eigenvalue weighted by molar-refractivity contribution is 5.88. The number of fused-ring (bicyclic) bond motifs is 2. The number of oxazole rings is 2. The minimum absolute atomic E-state index is 0.301. The molecule has 38 heavy (non-hydrogen) atoms. The lowest BCUT2D eigenvalue weighted by molar-refractivity contribution is 0.620. The third kappa shape index (κ3) is 3.98. The van der Waals surface area contributed by atoms with Crippen LogP contribution in [0.5, 0.6) is 0 Å². The number of halogens is 1. The summed E-state index contributed by atoms with van der Waals surface area (Å²) in [6.07, 6.45) is 0. The maximum atomic E-state index is 13.8. The monoisotopic (exact) mass is 497 g/mol. The summed E-state index contributed by atoms with van der Waals surface area (Å²) in [5.41, 5.74) is 7.09. The lowest BCUT2D eigenvalue weighted by Gasteiger charge is -2.25. The van der Waals surface area contributed by atoms with E-state index in [2.05, 4.69) is 9.97 Å². The molecule has 0 aliphatic heterocycles. The largest absolute Gasteiger partial charge is 0.436 e. The van der Waals surface area contributed by atoms with Crippen LogP contribution in [0.2, 0.25) is 0 Å². The standard InChI is InChI=1S/C32H20FN3O2/c33-23-11-13-24(14-12-23)36(25-15-17-27-29(19-25)37-31(34-27)21-7-3-1-4-8-21)26-16-18-28-30(20-26)38-32(35-28)22-9-5-2-6-10-22/h1-20H. The molecule has 0 unspecified atom stereocenters. The van der Waals surface area contributed by atoms with E-state index in [1.807, 2.05) is 102 Å². The predicted molar refractivity (Wildman–Crippen MR) is 147 cm³/mol. The molecule has 0 amide bonds. The van der Waals surface area contributed by atoms with Crippen LogP contribution in [-0.4, -0.2) is 9.97 Å². The first-order chi connectivity index (χ1) is 18.7. The molecule has 0 atom stereocenters. The Morgan fingerprint density at radius 1 is 0.500 bits per heavy atom. The second kappa shape index (κ2) is 9.01. The van der Waals surface area contributed by atoms with Gasteiger partial charge in [0.05, 0.1) is 0 Å². The predicted octanol–water partition coefficient (Wildman–Crippen LogP) is 8.91. The Morgan fingerprint density at radius 3 is 1.42 bits per heavy atom. The molecule has 0 N–H and O–H groups in total. The lowest BCUT2D eigenvalue weighted by atomic mass is 10.1. The normalized spacial score (nSPS) is 11.3. The van der Waals surface area contributed by atoms with Crippen LogP contribution in [0.4, 0.5) is 21.5 Å². The van der Waals surface area contributed by atoms with E-state index >= 15 is 0 Å². The minimum atomic E-state index is -0.301. The highest BCUT2D eigenvalue weighted by Crippen LogP contribution is 2.38. The van der Waals surface area contributed by atoms with Crippen molar-refractivity contribution in [3.05, 3.63) is 127 Å². The van der Waals surface area contributed by atoms with Gasteiger partial charge in [0.1, 0.15) is 16.9 Å². The van der Waals surface area contributed by atoms with Crippen molar-refractivity contribution in [3.8, 4) is 22.9 Å². The van der Waals surface area contributed by atoms with Crippen LogP contribution in [0, 0.1) is 5.82 Å². The van der Waals surface area contributed by atoms with Crippen molar-refractivity contribution >= 4 is 39.3 Å². The van der Waals surface area contributed by atoms with Gasteiger partial charge in [-0.2, -0.15) is 0 Å². The summed E-state index contributed by atoms with van der Waals surface area (Å²) in [6.45, 7) is 0. The molecule has 0 aliphatic rings. The molecule has 0 saturated heterocycles. The zero-order chi connectivity index (χ0) is 25.5. The molecule has 0 spiro atoms. The molecule has 0 aliphatic carbocycles. The topological polar surface area (TPSA) is 55.3 Å². The Hall–Kier alpha value is -5.23. The van der Waals surface area contributed by atoms with Crippen molar-refractivity contribution in [2.24, 2.45) is 0 Å². The Bertz CT molecular complexity index is 1760. The third-order valence-corrected chi connectivity index (χ3v) is 6.39. The summed E-state index contributed by atoms with van der Waals surface area (Å²) < 4.78 is 26.1. The molecule has 0 bridgehead atoms. The average molecular weight is 498 g/mol. The SMILES string of the molecule is Fc1ccc(N(c2ccc3nc(-c4ccccc4)oc3c2)c2ccc3nc(-c4ccccc4)oc3c2)cc1. The zero-order valence-electron chi connectivity index (χ0n) is 20.1. The molecule has 0 saturated carbocycles. The van der Waals surface area contributed by atoms with Gasteiger partial charge in [-0.05, 0) is 72.8 Å². The number of hydrogen-bond acceptors (Lipinski definition) is 5. The summed E-state index contributed by atoms with van der Waals surface area (Å²) >= 11 is 0. The van der Waals surface area contributed by atoms with Crippen molar-refractivity contribution in [2.75, 3.05) is 4.90 Å². The summed E-state index contributed by atoms with van der Waals surface area (Å²) in [6, 6.07) is 37.7. The maximum Gasteiger partial charge on any atom is 0.227 e. The van der Waals surface area contributed by atoms with E-state index in [9.17, 15) is 4.39 Å². The minimum Gasteiger partial charge on any atom is -0.436 e. The van der Waals surface area contributed by atoms with E-state index in [0.29, 0.717) is 22.9 Å². The smallest absolute Gasteiger partial charge is 0.227 e. The summed E-state index contributed by atoms with van der Waals surface area (Å²) in [5.74, 6) is 0.815. The molecule has 5 aromatic carbocycles. The Balaban J connectivity index is 1.35. The number of aromatic nitrogens is 2. The van der Waals surface area contributed by atoms with Gasteiger partial charge < -0.3 is 13.7 Å². The molecule has 2 heterocycles. The highest BCUT2D eigenvalue weighted by Gasteiger charge is 2.18. The Labute approximate surface area is 217 Å². The van der Waals surface area contributed by atoms with E-state index < -0.39 is 0 Å². The van der Waals surface area contributed by atoms with E-state index in [1.165, 1.54) is 12.1 Å². The fourth-order valence-corrected chi connectivity index (χ4v) is 4.55. The third-order valence-electron chi connectivity index (χ3n) is 6.39. The van der Waals surface area contributed by atoms with E-state index in [-0.39, 0.29) is 5.82 Å². The second-order valence-corrected chi connectivity index (χ2v) is 8.89. The zero-order valence-corrected chi connectivity index (χ0v) is 20.1. The molecule has 0 radical (unpaired) electrons. The second-order valence-electron chi connectivity index (χ2n) is 8.89. The van der Waals surface area contributed by atoms with Crippen LogP contribution in [0.3, 0.4) is 0 Å². The van der Waals surface area contributed by atoms with Gasteiger partial charge in [-0.3, -0.25) is 0 Å². The average Bonchev–Trinajstić information content (AvgIpc) is 3.59. The van der Waals surface area contributed by atoms with Crippen molar-refractivity contribution < 1.29 is 13.2 Å². The van der Waals surface area contributed by atoms with E-state index in [1.54, 1.807) is 12.1 Å². The number of hydrogen-bond donors (Lipinski definition) is 0. The van der Waals surface area contributed by atoms with Gasteiger partial charge in [-0.15, -0.1) is 0 Å². The first kappa shape index (κ1) is 22.0. The van der Waals surface area contributed by atoms with Crippen LogP contribution in [-0.2, 0) is 0 Å². The molecular weight excluding hydrogens is 477 g/mol. The number of nitrogens with zero attached hydrogens (tertiary/aromatic N) is 3. The van der Waals surface area contributed by atoms with Crippen molar-refractivity contribution in [1.29, 1.82) is 0 Å². The number of benzene rings is 5. The summed E-state index contributed by atoms with van der Waals surface area (Å²) in [7, 11) is 0. The number of anilines is 3. The Kier molecular flexibility index (Phi) is 5.22. The van der Waals surface area contributed by atoms with Crippen LogP contribution in [0.15, 0.2) is 130 Å². The van der Waals surface area contributed by atoms with Gasteiger partial charge in [0, 0.05) is 40.3 Å². The van der Waals surface area contributed by atoms with Crippen LogP contribution in [0.1, 0.15) is 0 Å². The number of rotatable bonds is 5. The molecule has 2 aromatic heterocycles. The first-order valence-electron chi connectivity index (χ1n) is 12.2. The maximum absolute atomic E-state index is 13.8. The van der Waals surface area contributed by atoms with Gasteiger partial charge in [0.15, 0.2) is 11.2 Å². The van der Waals surface area contributed by atoms with Crippen molar-refractivity contribution in [1.82, 2.24) is 9.97 Å². The van der Waals surface area contributed by atoms with Crippen LogP contribution < -0.4 is 4.90 Å².